The van der Waals surface area contributed by atoms with Gasteiger partial charge in [-0.15, -0.1) is 0 Å². The molecular weight excluding hydrogens is 296 g/mol. The summed E-state index contributed by atoms with van der Waals surface area (Å²) in [5, 5.41) is 18.0. The molecule has 2 heteroatoms. The molecule has 0 bridgehead atoms. The average molecular weight is 320 g/mol. The van der Waals surface area contributed by atoms with Gasteiger partial charge in [-0.05, 0) is 42.3 Å². The summed E-state index contributed by atoms with van der Waals surface area (Å²) in [6, 6.07) is 24.9. The largest absolute Gasteiger partial charge is 0.508 e. The summed E-state index contributed by atoms with van der Waals surface area (Å²) >= 11 is 0. The van der Waals surface area contributed by atoms with E-state index in [0.717, 1.165) is 0 Å². The van der Waals surface area contributed by atoms with Crippen LogP contribution in [0.3, 0.4) is 0 Å². The van der Waals surface area contributed by atoms with Crippen molar-refractivity contribution in [1.29, 1.82) is 0 Å². The second kappa shape index (κ2) is 7.69. The number of benzene rings is 3. The molecule has 3 aromatic carbocycles. The molecule has 2 nitrogen and oxygen atoms in total. The monoisotopic (exact) mass is 320 g/mol. The number of phenols is 2. The number of hydrogen-bond donors (Lipinski definition) is 2. The van der Waals surface area contributed by atoms with E-state index in [1.807, 2.05) is 37.3 Å². The van der Waals surface area contributed by atoms with E-state index < -0.39 is 0 Å². The van der Waals surface area contributed by atoms with Crippen LogP contribution in [-0.2, 0) is 5.41 Å². The number of aromatic hydroxyl groups is 2. The van der Waals surface area contributed by atoms with Crippen LogP contribution in [-0.4, -0.2) is 10.2 Å². The molecule has 0 spiro atoms. The van der Waals surface area contributed by atoms with E-state index in [9.17, 15) is 5.11 Å². The number of aryl methyl sites for hydroxylation is 1. The molecule has 24 heavy (non-hydrogen) atoms. The lowest BCUT2D eigenvalue weighted by Crippen LogP contribution is -2.18. The third-order valence-electron chi connectivity index (χ3n) is 4.12. The molecule has 124 valence electrons. The van der Waals surface area contributed by atoms with Crippen LogP contribution in [0.1, 0.15) is 30.5 Å². The predicted molar refractivity (Wildman–Crippen MR) is 99.5 cm³/mol. The van der Waals surface area contributed by atoms with Gasteiger partial charge in [0.25, 0.3) is 0 Å². The van der Waals surface area contributed by atoms with Crippen molar-refractivity contribution in [3.05, 3.63) is 95.6 Å². The van der Waals surface area contributed by atoms with Crippen LogP contribution in [0.4, 0.5) is 0 Å². The van der Waals surface area contributed by atoms with Crippen LogP contribution in [0.25, 0.3) is 0 Å². The van der Waals surface area contributed by atoms with Crippen molar-refractivity contribution in [3.63, 3.8) is 0 Å². The van der Waals surface area contributed by atoms with Gasteiger partial charge < -0.3 is 10.2 Å². The first-order valence-corrected chi connectivity index (χ1v) is 8.00. The van der Waals surface area contributed by atoms with Crippen molar-refractivity contribution >= 4 is 0 Å². The third-order valence-corrected chi connectivity index (χ3v) is 4.12. The molecule has 0 unspecified atom stereocenters. The van der Waals surface area contributed by atoms with E-state index in [2.05, 4.69) is 38.1 Å². The maximum absolute atomic E-state index is 9.29. The lowest BCUT2D eigenvalue weighted by Gasteiger charge is -2.26. The SMILES string of the molecule is CC(C)(c1ccccc1)c1ccc(O)cc1.Cc1ccc(O)cc1. The van der Waals surface area contributed by atoms with E-state index in [-0.39, 0.29) is 5.41 Å². The number of phenolic OH excluding ortho intramolecular Hbond substituents is 2. The fraction of sp³-hybridized carbons (Fsp3) is 0.182. The molecule has 3 rings (SSSR count). The fourth-order valence-corrected chi connectivity index (χ4v) is 2.44. The van der Waals surface area contributed by atoms with Crippen LogP contribution in [0, 0.1) is 6.92 Å². The lowest BCUT2D eigenvalue weighted by molar-refractivity contribution is 0.474. The van der Waals surface area contributed by atoms with Gasteiger partial charge in [0.15, 0.2) is 0 Å². The van der Waals surface area contributed by atoms with Crippen molar-refractivity contribution in [2.45, 2.75) is 26.2 Å². The first-order valence-electron chi connectivity index (χ1n) is 8.00. The molecule has 0 saturated heterocycles. The highest BCUT2D eigenvalue weighted by Gasteiger charge is 2.22. The van der Waals surface area contributed by atoms with Gasteiger partial charge >= 0.3 is 0 Å². The van der Waals surface area contributed by atoms with Crippen molar-refractivity contribution in [3.8, 4) is 11.5 Å². The zero-order chi connectivity index (χ0) is 17.6. The third kappa shape index (κ3) is 4.63. The summed E-state index contributed by atoms with van der Waals surface area (Å²) < 4.78 is 0. The minimum absolute atomic E-state index is 0.0328. The summed E-state index contributed by atoms with van der Waals surface area (Å²) in [4.78, 5) is 0. The molecular formula is C22H24O2. The quantitative estimate of drug-likeness (QED) is 0.662. The van der Waals surface area contributed by atoms with E-state index in [4.69, 9.17) is 5.11 Å². The van der Waals surface area contributed by atoms with Crippen molar-refractivity contribution in [2.24, 2.45) is 0 Å². The Labute approximate surface area is 144 Å². The van der Waals surface area contributed by atoms with Crippen molar-refractivity contribution in [2.75, 3.05) is 0 Å². The van der Waals surface area contributed by atoms with Gasteiger partial charge in [0.05, 0.1) is 0 Å². The minimum atomic E-state index is -0.0328. The number of rotatable bonds is 2. The highest BCUT2D eigenvalue weighted by molar-refractivity contribution is 5.39. The molecule has 0 aliphatic carbocycles. The van der Waals surface area contributed by atoms with Gasteiger partial charge in [0.2, 0.25) is 0 Å². The standard InChI is InChI=1S/C15H16O.C7H8O/c1-15(2,12-6-4-3-5-7-12)13-8-10-14(16)11-9-13;1-6-2-4-7(8)5-3-6/h3-11,16H,1-2H3;2-5,8H,1H3. The Hall–Kier alpha value is -2.74. The molecule has 0 aliphatic heterocycles. The van der Waals surface area contributed by atoms with Gasteiger partial charge in [-0.25, -0.2) is 0 Å². The molecule has 0 fully saturated rings. The van der Waals surface area contributed by atoms with Crippen molar-refractivity contribution in [1.82, 2.24) is 0 Å². The Morgan fingerprint density at radius 2 is 1.00 bits per heavy atom. The fourth-order valence-electron chi connectivity index (χ4n) is 2.44. The van der Waals surface area contributed by atoms with E-state index in [1.54, 1.807) is 24.3 Å². The summed E-state index contributed by atoms with van der Waals surface area (Å²) in [7, 11) is 0. The van der Waals surface area contributed by atoms with E-state index in [0.29, 0.717) is 11.5 Å². The molecule has 0 atom stereocenters. The molecule has 3 aromatic rings. The van der Waals surface area contributed by atoms with E-state index >= 15 is 0 Å². The Balaban J connectivity index is 0.000000219. The topological polar surface area (TPSA) is 40.5 Å². The summed E-state index contributed by atoms with van der Waals surface area (Å²) in [5.74, 6) is 0.642. The molecule has 0 aromatic heterocycles. The highest BCUT2D eigenvalue weighted by Crippen LogP contribution is 2.31. The Morgan fingerprint density at radius 1 is 0.583 bits per heavy atom. The average Bonchev–Trinajstić information content (AvgIpc) is 2.59. The van der Waals surface area contributed by atoms with Crippen LogP contribution in [0.5, 0.6) is 11.5 Å². The summed E-state index contributed by atoms with van der Waals surface area (Å²) in [6.07, 6.45) is 0. The summed E-state index contributed by atoms with van der Waals surface area (Å²) in [6.45, 7) is 6.36. The smallest absolute Gasteiger partial charge is 0.115 e. The van der Waals surface area contributed by atoms with Crippen LogP contribution >= 0.6 is 0 Å². The van der Waals surface area contributed by atoms with Gasteiger partial charge in [-0.1, -0.05) is 74.0 Å². The van der Waals surface area contributed by atoms with Gasteiger partial charge in [-0.3, -0.25) is 0 Å². The molecule has 0 amide bonds. The molecule has 0 aliphatic rings. The maximum Gasteiger partial charge on any atom is 0.115 e. The van der Waals surface area contributed by atoms with Gasteiger partial charge in [-0.2, -0.15) is 0 Å². The summed E-state index contributed by atoms with van der Waals surface area (Å²) in [5.41, 5.74) is 3.62. The lowest BCUT2D eigenvalue weighted by atomic mass is 9.78. The van der Waals surface area contributed by atoms with Crippen LogP contribution in [0.2, 0.25) is 0 Å². The maximum atomic E-state index is 9.29. The second-order valence-electron chi connectivity index (χ2n) is 6.37. The Kier molecular flexibility index (Phi) is 5.64. The first-order chi connectivity index (χ1) is 11.4. The minimum Gasteiger partial charge on any atom is -0.508 e. The zero-order valence-electron chi connectivity index (χ0n) is 14.4. The second-order valence-corrected chi connectivity index (χ2v) is 6.37. The molecule has 2 N–H and O–H groups in total. The Bertz CT molecular complexity index is 721. The Morgan fingerprint density at radius 3 is 1.46 bits per heavy atom. The van der Waals surface area contributed by atoms with E-state index in [1.165, 1.54) is 16.7 Å². The van der Waals surface area contributed by atoms with Gasteiger partial charge in [0.1, 0.15) is 11.5 Å². The van der Waals surface area contributed by atoms with Gasteiger partial charge in [0, 0.05) is 5.41 Å². The highest BCUT2D eigenvalue weighted by atomic mass is 16.3. The number of hydrogen-bond acceptors (Lipinski definition) is 2. The van der Waals surface area contributed by atoms with Crippen LogP contribution < -0.4 is 0 Å². The predicted octanol–water partition coefficient (Wildman–Crippen LogP) is 5.42. The van der Waals surface area contributed by atoms with Crippen molar-refractivity contribution < 1.29 is 10.2 Å². The molecule has 0 radical (unpaired) electrons. The molecule has 0 saturated carbocycles. The normalized spacial score (nSPS) is 10.6. The first kappa shape index (κ1) is 17.6. The van der Waals surface area contributed by atoms with Crippen LogP contribution in [0.15, 0.2) is 78.9 Å². The molecule has 0 heterocycles. The zero-order valence-corrected chi connectivity index (χ0v) is 14.4.